The van der Waals surface area contributed by atoms with E-state index in [4.69, 9.17) is 21.4 Å². The average molecular weight is 286 g/mol. The Hall–Kier alpha value is -0.810. The quantitative estimate of drug-likeness (QED) is 0.866. The number of rotatable bonds is 5. The molecule has 1 heterocycles. The van der Waals surface area contributed by atoms with E-state index in [0.717, 1.165) is 37.2 Å². The number of piperidine rings is 1. The monoisotopic (exact) mass is 285 g/mol. The maximum absolute atomic E-state index is 9.40. The van der Waals surface area contributed by atoms with Crippen molar-refractivity contribution in [3.63, 3.8) is 0 Å². The molecule has 0 spiro atoms. The molecule has 0 amide bonds. The zero-order valence-electron chi connectivity index (χ0n) is 10.9. The smallest absolute Gasteiger partial charge is 0.0702 e. The molecule has 0 radical (unpaired) electrons. The summed E-state index contributed by atoms with van der Waals surface area (Å²) in [5.41, 5.74) is 1.80. The molecule has 106 valence electrons. The van der Waals surface area contributed by atoms with Crippen molar-refractivity contribution in [2.24, 2.45) is 0 Å². The highest BCUT2D eigenvalue weighted by Gasteiger charge is 2.22. The van der Waals surface area contributed by atoms with Crippen molar-refractivity contribution in [2.75, 3.05) is 31.2 Å². The summed E-state index contributed by atoms with van der Waals surface area (Å²) in [4.78, 5) is 2.20. The summed E-state index contributed by atoms with van der Waals surface area (Å²) in [5.74, 6) is 0. The average Bonchev–Trinajstić information content (AvgIpc) is 2.45. The first kappa shape index (κ1) is 14.6. The van der Waals surface area contributed by atoms with Crippen LogP contribution in [-0.2, 0) is 11.3 Å². The van der Waals surface area contributed by atoms with Gasteiger partial charge in [-0.3, -0.25) is 0 Å². The minimum Gasteiger partial charge on any atom is -0.394 e. The van der Waals surface area contributed by atoms with Gasteiger partial charge < -0.3 is 19.8 Å². The molecule has 2 N–H and O–H groups in total. The lowest BCUT2D eigenvalue weighted by Crippen LogP contribution is -2.38. The fourth-order valence-electron chi connectivity index (χ4n) is 2.51. The van der Waals surface area contributed by atoms with E-state index in [0.29, 0.717) is 11.6 Å². The van der Waals surface area contributed by atoms with Crippen molar-refractivity contribution >= 4 is 17.3 Å². The van der Waals surface area contributed by atoms with Gasteiger partial charge >= 0.3 is 0 Å². The van der Waals surface area contributed by atoms with E-state index in [1.54, 1.807) is 0 Å². The number of ether oxygens (including phenoxy) is 1. The third-order valence-electron chi connectivity index (χ3n) is 3.44. The van der Waals surface area contributed by atoms with Gasteiger partial charge in [0, 0.05) is 18.7 Å². The van der Waals surface area contributed by atoms with Gasteiger partial charge in [-0.05, 0) is 18.9 Å². The number of nitrogens with zero attached hydrogens (tertiary/aromatic N) is 1. The van der Waals surface area contributed by atoms with Crippen LogP contribution in [0.5, 0.6) is 0 Å². The number of hydrogen-bond acceptors (Lipinski definition) is 4. The second-order valence-corrected chi connectivity index (χ2v) is 5.09. The zero-order chi connectivity index (χ0) is 13.7. The Balaban J connectivity index is 2.01. The third kappa shape index (κ3) is 3.60. The highest BCUT2D eigenvalue weighted by molar-refractivity contribution is 6.33. The molecule has 1 aromatic rings. The van der Waals surface area contributed by atoms with Crippen LogP contribution < -0.4 is 4.90 Å². The number of halogens is 1. The fourth-order valence-corrected chi connectivity index (χ4v) is 2.82. The molecule has 0 saturated carbocycles. The van der Waals surface area contributed by atoms with E-state index in [1.807, 2.05) is 18.2 Å². The highest BCUT2D eigenvalue weighted by atomic mass is 35.5. The molecule has 1 aliphatic heterocycles. The van der Waals surface area contributed by atoms with Crippen LogP contribution in [0.4, 0.5) is 5.69 Å². The van der Waals surface area contributed by atoms with Crippen molar-refractivity contribution in [3.05, 3.63) is 28.8 Å². The van der Waals surface area contributed by atoms with E-state index in [2.05, 4.69) is 4.90 Å². The van der Waals surface area contributed by atoms with Crippen molar-refractivity contribution in [3.8, 4) is 0 Å². The minimum atomic E-state index is -0.00314. The van der Waals surface area contributed by atoms with Gasteiger partial charge in [0.2, 0.25) is 0 Å². The number of aliphatic hydroxyl groups excluding tert-OH is 2. The summed E-state index contributed by atoms with van der Waals surface area (Å²) >= 11 is 6.24. The molecule has 5 heteroatoms. The van der Waals surface area contributed by atoms with E-state index in [1.165, 1.54) is 0 Å². The van der Waals surface area contributed by atoms with Crippen LogP contribution in [0, 0.1) is 0 Å². The summed E-state index contributed by atoms with van der Waals surface area (Å²) in [6, 6.07) is 5.61. The molecule has 1 saturated heterocycles. The molecule has 1 aromatic carbocycles. The first-order valence-electron chi connectivity index (χ1n) is 6.62. The maximum Gasteiger partial charge on any atom is 0.0702 e. The van der Waals surface area contributed by atoms with Gasteiger partial charge in [-0.25, -0.2) is 0 Å². The van der Waals surface area contributed by atoms with Crippen LogP contribution in [0.2, 0.25) is 5.02 Å². The van der Waals surface area contributed by atoms with E-state index in [9.17, 15) is 5.11 Å². The standard InChI is InChI=1S/C14H20ClNO3/c15-13-3-1-2-11(10-18)14(13)16-6-4-12(5-7-16)19-9-8-17/h1-3,12,17-18H,4-10H2. The Morgan fingerprint density at radius 1 is 1.26 bits per heavy atom. The number of anilines is 1. The molecule has 0 bridgehead atoms. The van der Waals surface area contributed by atoms with Gasteiger partial charge in [0.1, 0.15) is 0 Å². The molecule has 2 rings (SSSR count). The van der Waals surface area contributed by atoms with Crippen molar-refractivity contribution in [1.29, 1.82) is 0 Å². The molecular formula is C14H20ClNO3. The molecule has 0 atom stereocenters. The summed E-state index contributed by atoms with van der Waals surface area (Å²) in [5, 5.41) is 18.8. The number of hydrogen-bond donors (Lipinski definition) is 2. The first-order valence-corrected chi connectivity index (χ1v) is 6.99. The van der Waals surface area contributed by atoms with Crippen LogP contribution in [0.1, 0.15) is 18.4 Å². The number of para-hydroxylation sites is 1. The molecule has 0 aromatic heterocycles. The van der Waals surface area contributed by atoms with Gasteiger partial charge in [0.25, 0.3) is 0 Å². The zero-order valence-corrected chi connectivity index (χ0v) is 11.6. The Morgan fingerprint density at radius 2 is 2.00 bits per heavy atom. The molecule has 0 aliphatic carbocycles. The summed E-state index contributed by atoms with van der Waals surface area (Å²) in [6.07, 6.45) is 2.04. The third-order valence-corrected chi connectivity index (χ3v) is 3.75. The lowest BCUT2D eigenvalue weighted by Gasteiger charge is -2.35. The van der Waals surface area contributed by atoms with Gasteiger partial charge in [-0.1, -0.05) is 23.7 Å². The maximum atomic E-state index is 9.40. The number of benzene rings is 1. The summed E-state index contributed by atoms with van der Waals surface area (Å²) in [7, 11) is 0. The molecule has 1 aliphatic rings. The first-order chi connectivity index (χ1) is 9.26. The van der Waals surface area contributed by atoms with Crippen LogP contribution >= 0.6 is 11.6 Å². The van der Waals surface area contributed by atoms with E-state index in [-0.39, 0.29) is 19.3 Å². The Labute approximate surface area is 118 Å². The summed E-state index contributed by atoms with van der Waals surface area (Å²) < 4.78 is 5.54. The minimum absolute atomic E-state index is 0.00314. The number of aliphatic hydroxyl groups is 2. The second-order valence-electron chi connectivity index (χ2n) is 4.69. The lowest BCUT2D eigenvalue weighted by atomic mass is 10.0. The molecule has 19 heavy (non-hydrogen) atoms. The lowest BCUT2D eigenvalue weighted by molar-refractivity contribution is 0.0159. The van der Waals surface area contributed by atoms with Crippen molar-refractivity contribution < 1.29 is 14.9 Å². The van der Waals surface area contributed by atoms with Crippen LogP contribution in [0.15, 0.2) is 18.2 Å². The SMILES string of the molecule is OCCOC1CCN(c2c(Cl)cccc2CO)CC1. The Morgan fingerprint density at radius 3 is 2.63 bits per heavy atom. The predicted molar refractivity (Wildman–Crippen MR) is 75.6 cm³/mol. The summed E-state index contributed by atoms with van der Waals surface area (Å²) in [6.45, 7) is 2.18. The van der Waals surface area contributed by atoms with Gasteiger partial charge in [-0.15, -0.1) is 0 Å². The predicted octanol–water partition coefficient (Wildman–Crippen LogP) is 1.81. The van der Waals surface area contributed by atoms with E-state index < -0.39 is 0 Å². The normalized spacial score (nSPS) is 16.9. The second kappa shape index (κ2) is 7.10. The fraction of sp³-hybridized carbons (Fsp3) is 0.571. The topological polar surface area (TPSA) is 52.9 Å². The van der Waals surface area contributed by atoms with E-state index >= 15 is 0 Å². The molecule has 0 unspecified atom stereocenters. The highest BCUT2D eigenvalue weighted by Crippen LogP contribution is 2.32. The van der Waals surface area contributed by atoms with Gasteiger partial charge in [0.15, 0.2) is 0 Å². The van der Waals surface area contributed by atoms with Crippen LogP contribution in [0.3, 0.4) is 0 Å². The van der Waals surface area contributed by atoms with Gasteiger partial charge in [-0.2, -0.15) is 0 Å². The van der Waals surface area contributed by atoms with Crippen molar-refractivity contribution in [1.82, 2.24) is 0 Å². The van der Waals surface area contributed by atoms with Crippen molar-refractivity contribution in [2.45, 2.75) is 25.6 Å². The molecule has 1 fully saturated rings. The Bertz CT molecular complexity index is 406. The van der Waals surface area contributed by atoms with Crippen LogP contribution in [-0.4, -0.2) is 42.6 Å². The largest absolute Gasteiger partial charge is 0.394 e. The molecule has 4 nitrogen and oxygen atoms in total. The van der Waals surface area contributed by atoms with Crippen LogP contribution in [0.25, 0.3) is 0 Å². The van der Waals surface area contributed by atoms with Gasteiger partial charge in [0.05, 0.1) is 36.6 Å². The Kier molecular flexibility index (Phi) is 5.45. The molecular weight excluding hydrogens is 266 g/mol.